The Morgan fingerprint density at radius 2 is 1.88 bits per heavy atom. The van der Waals surface area contributed by atoms with Crippen LogP contribution in [0.3, 0.4) is 0 Å². The van der Waals surface area contributed by atoms with Crippen LogP contribution in [0, 0.1) is 11.8 Å². The average molecular weight is 355 g/mol. The third-order valence-corrected chi connectivity index (χ3v) is 5.12. The molecular weight excluding hydrogens is 316 g/mol. The first-order valence-electron chi connectivity index (χ1n) is 9.96. The number of aliphatic hydroxyl groups excluding tert-OH is 3. The van der Waals surface area contributed by atoms with Gasteiger partial charge in [0, 0.05) is 26.1 Å². The molecule has 1 fully saturated rings. The predicted octanol–water partition coefficient (Wildman–Crippen LogP) is 3.60. The highest BCUT2D eigenvalue weighted by Gasteiger charge is 2.39. The molecule has 0 heterocycles. The number of allylic oxidation sites excluding steroid dienone is 2. The monoisotopic (exact) mass is 354 g/mol. The van der Waals surface area contributed by atoms with Crippen LogP contribution in [-0.2, 0) is 4.74 Å². The molecule has 0 amide bonds. The van der Waals surface area contributed by atoms with Gasteiger partial charge in [-0.15, -0.1) is 0 Å². The van der Waals surface area contributed by atoms with Crippen molar-refractivity contribution in [1.29, 1.82) is 0 Å². The minimum absolute atomic E-state index is 0.0318. The summed E-state index contributed by atoms with van der Waals surface area (Å²) in [6, 6.07) is 0. The van der Waals surface area contributed by atoms with Gasteiger partial charge in [0.1, 0.15) is 0 Å². The van der Waals surface area contributed by atoms with Crippen molar-refractivity contribution >= 4 is 0 Å². The molecule has 0 bridgehead atoms. The second-order valence-electron chi connectivity index (χ2n) is 7.26. The Hall–Kier alpha value is -0.680. The topological polar surface area (TPSA) is 69.9 Å². The second-order valence-corrected chi connectivity index (χ2v) is 7.26. The zero-order valence-corrected chi connectivity index (χ0v) is 16.0. The molecule has 1 rings (SSSR count). The lowest BCUT2D eigenvalue weighted by Gasteiger charge is -2.19. The van der Waals surface area contributed by atoms with E-state index in [1.165, 1.54) is 0 Å². The van der Waals surface area contributed by atoms with Crippen molar-refractivity contribution in [2.24, 2.45) is 11.8 Å². The van der Waals surface area contributed by atoms with Gasteiger partial charge in [-0.1, -0.05) is 50.5 Å². The molecule has 0 unspecified atom stereocenters. The summed E-state index contributed by atoms with van der Waals surface area (Å²) in [7, 11) is 1.72. The molecule has 0 saturated heterocycles. The van der Waals surface area contributed by atoms with Crippen LogP contribution < -0.4 is 0 Å². The van der Waals surface area contributed by atoms with Gasteiger partial charge in [0.15, 0.2) is 0 Å². The zero-order chi connectivity index (χ0) is 18.5. The number of unbranched alkanes of at least 4 members (excludes halogenated alkanes) is 4. The fourth-order valence-electron chi connectivity index (χ4n) is 3.54. The highest BCUT2D eigenvalue weighted by atomic mass is 16.5. The minimum atomic E-state index is -0.519. The van der Waals surface area contributed by atoms with Crippen LogP contribution in [0.4, 0.5) is 0 Å². The second kappa shape index (κ2) is 13.5. The van der Waals surface area contributed by atoms with Gasteiger partial charge in [-0.2, -0.15) is 0 Å². The summed E-state index contributed by atoms with van der Waals surface area (Å²) in [6.07, 6.45) is 15.0. The predicted molar refractivity (Wildman–Crippen MR) is 102 cm³/mol. The van der Waals surface area contributed by atoms with Crippen LogP contribution in [0.25, 0.3) is 0 Å². The summed E-state index contributed by atoms with van der Waals surface area (Å²) in [5, 5.41) is 30.5. The van der Waals surface area contributed by atoms with Crippen LogP contribution in [0.5, 0.6) is 0 Å². The Bertz CT molecular complexity index is 380. The van der Waals surface area contributed by atoms with Crippen molar-refractivity contribution in [3.8, 4) is 0 Å². The van der Waals surface area contributed by atoms with E-state index in [0.717, 1.165) is 58.0 Å². The summed E-state index contributed by atoms with van der Waals surface area (Å²) in [4.78, 5) is 0. The Kier molecular flexibility index (Phi) is 12.1. The van der Waals surface area contributed by atoms with Crippen LogP contribution in [0.15, 0.2) is 24.3 Å². The lowest BCUT2D eigenvalue weighted by molar-refractivity contribution is 0.120. The number of hydrogen-bond donors (Lipinski definition) is 3. The standard InChI is InChI=1S/C21H38O4/c1-3-4-8-11-17(22)13-14-19-18(20(23)16-21(19)24)12-9-6-5-7-10-15-25-2/h6,9,13-14,17-24H,3-5,7-8,10-12,15-16H2,1-2H3/t17-,18+,19+,20-,21+/m0/s1. The molecule has 0 aromatic rings. The van der Waals surface area contributed by atoms with Crippen molar-refractivity contribution < 1.29 is 20.1 Å². The molecule has 4 heteroatoms. The molecule has 146 valence electrons. The van der Waals surface area contributed by atoms with Gasteiger partial charge in [0.2, 0.25) is 0 Å². The normalized spacial score (nSPS) is 28.4. The van der Waals surface area contributed by atoms with E-state index in [9.17, 15) is 15.3 Å². The first-order chi connectivity index (χ1) is 12.1. The fourth-order valence-corrected chi connectivity index (χ4v) is 3.54. The van der Waals surface area contributed by atoms with Gasteiger partial charge in [0.25, 0.3) is 0 Å². The molecular formula is C21H38O4. The molecule has 3 N–H and O–H groups in total. The number of rotatable bonds is 13. The Morgan fingerprint density at radius 3 is 2.60 bits per heavy atom. The average Bonchev–Trinajstić information content (AvgIpc) is 2.85. The Labute approximate surface area is 153 Å². The molecule has 1 saturated carbocycles. The van der Waals surface area contributed by atoms with Crippen molar-refractivity contribution in [3.05, 3.63) is 24.3 Å². The van der Waals surface area contributed by atoms with E-state index < -0.39 is 18.3 Å². The number of hydrogen-bond acceptors (Lipinski definition) is 4. The van der Waals surface area contributed by atoms with E-state index >= 15 is 0 Å². The van der Waals surface area contributed by atoms with Crippen LogP contribution in [0.2, 0.25) is 0 Å². The molecule has 0 radical (unpaired) electrons. The van der Waals surface area contributed by atoms with E-state index in [0.29, 0.717) is 6.42 Å². The molecule has 1 aliphatic rings. The van der Waals surface area contributed by atoms with Crippen molar-refractivity contribution in [3.63, 3.8) is 0 Å². The summed E-state index contributed by atoms with van der Waals surface area (Å²) in [6.45, 7) is 2.95. The molecule has 5 atom stereocenters. The van der Waals surface area contributed by atoms with E-state index in [1.807, 2.05) is 12.2 Å². The van der Waals surface area contributed by atoms with Gasteiger partial charge < -0.3 is 20.1 Å². The van der Waals surface area contributed by atoms with Gasteiger partial charge in [-0.3, -0.25) is 0 Å². The first-order valence-corrected chi connectivity index (χ1v) is 9.96. The first kappa shape index (κ1) is 22.4. The molecule has 0 spiro atoms. The smallest absolute Gasteiger partial charge is 0.0721 e. The fraction of sp³-hybridized carbons (Fsp3) is 0.810. The van der Waals surface area contributed by atoms with Crippen molar-refractivity contribution in [1.82, 2.24) is 0 Å². The lowest BCUT2D eigenvalue weighted by atomic mass is 9.89. The van der Waals surface area contributed by atoms with Crippen molar-refractivity contribution in [2.45, 2.75) is 83.0 Å². The Morgan fingerprint density at radius 1 is 1.08 bits per heavy atom. The number of methoxy groups -OCH3 is 1. The van der Waals surface area contributed by atoms with E-state index in [2.05, 4.69) is 19.1 Å². The van der Waals surface area contributed by atoms with Gasteiger partial charge in [0.05, 0.1) is 18.3 Å². The molecule has 0 aromatic carbocycles. The molecule has 1 aliphatic carbocycles. The molecule has 4 nitrogen and oxygen atoms in total. The maximum atomic E-state index is 10.2. The summed E-state index contributed by atoms with van der Waals surface area (Å²) < 4.78 is 5.03. The maximum absolute atomic E-state index is 10.2. The quantitative estimate of drug-likeness (QED) is 0.349. The van der Waals surface area contributed by atoms with E-state index in [-0.39, 0.29) is 11.8 Å². The van der Waals surface area contributed by atoms with Crippen LogP contribution >= 0.6 is 0 Å². The molecule has 0 aliphatic heterocycles. The van der Waals surface area contributed by atoms with E-state index in [1.54, 1.807) is 7.11 Å². The SMILES string of the molecule is CCCCC[C@H](O)C=C[C@@H]1[C@@H](CC=CCCCCOC)[C@@H](O)C[C@H]1O. The minimum Gasteiger partial charge on any atom is -0.393 e. The molecule has 25 heavy (non-hydrogen) atoms. The van der Waals surface area contributed by atoms with Gasteiger partial charge >= 0.3 is 0 Å². The highest BCUT2D eigenvalue weighted by molar-refractivity contribution is 5.06. The summed E-state index contributed by atoms with van der Waals surface area (Å²) in [5.74, 6) is -0.0433. The summed E-state index contributed by atoms with van der Waals surface area (Å²) in [5.41, 5.74) is 0. The molecule has 0 aromatic heterocycles. The van der Waals surface area contributed by atoms with Gasteiger partial charge in [-0.25, -0.2) is 0 Å². The number of aliphatic hydroxyl groups is 3. The Balaban J connectivity index is 2.42. The van der Waals surface area contributed by atoms with Crippen molar-refractivity contribution in [2.75, 3.05) is 13.7 Å². The third-order valence-electron chi connectivity index (χ3n) is 5.12. The largest absolute Gasteiger partial charge is 0.393 e. The van der Waals surface area contributed by atoms with Crippen LogP contribution in [-0.4, -0.2) is 47.3 Å². The highest BCUT2D eigenvalue weighted by Crippen LogP contribution is 2.36. The van der Waals surface area contributed by atoms with Crippen LogP contribution in [0.1, 0.15) is 64.7 Å². The zero-order valence-electron chi connectivity index (χ0n) is 16.0. The third kappa shape index (κ3) is 9.00. The number of ether oxygens (including phenoxy) is 1. The summed E-state index contributed by atoms with van der Waals surface area (Å²) >= 11 is 0. The van der Waals surface area contributed by atoms with Gasteiger partial charge in [-0.05, 0) is 38.0 Å². The van der Waals surface area contributed by atoms with E-state index in [4.69, 9.17) is 4.74 Å². The maximum Gasteiger partial charge on any atom is 0.0721 e. The lowest BCUT2D eigenvalue weighted by Crippen LogP contribution is -2.20.